The maximum atomic E-state index is 12.8. The number of nitrogens with one attached hydrogen (secondary N) is 1. The summed E-state index contributed by atoms with van der Waals surface area (Å²) in [4.78, 5) is 25.0. The number of benzene rings is 1. The molecular weight excluding hydrogens is 471 g/mol. The molecule has 9 nitrogen and oxygen atoms in total. The lowest BCUT2D eigenvalue weighted by Crippen LogP contribution is -2.33. The summed E-state index contributed by atoms with van der Waals surface area (Å²) >= 11 is 0. The van der Waals surface area contributed by atoms with Crippen molar-refractivity contribution in [3.63, 3.8) is 0 Å². The Bertz CT molecular complexity index is 1280. The fourth-order valence-corrected chi connectivity index (χ4v) is 4.35. The molecule has 2 aliphatic rings. The SMILES string of the molecule is CC(=O)NC[C@H]1CN(c2ccc3c(c2)CCCc2c(-c4cocc4OC(F)(F)F)noc2-3)C(=O)O1. The molecule has 2 aromatic heterocycles. The molecule has 1 fully saturated rings. The van der Waals surface area contributed by atoms with Crippen LogP contribution in [-0.4, -0.2) is 42.7 Å². The number of fused-ring (bicyclic) bond motifs is 3. The van der Waals surface area contributed by atoms with Crippen molar-refractivity contribution in [1.29, 1.82) is 0 Å². The fourth-order valence-electron chi connectivity index (χ4n) is 4.35. The molecule has 0 spiro atoms. The highest BCUT2D eigenvalue weighted by Gasteiger charge is 2.35. The lowest BCUT2D eigenvalue weighted by molar-refractivity contribution is -0.274. The van der Waals surface area contributed by atoms with Gasteiger partial charge in [-0.05, 0) is 43.0 Å². The van der Waals surface area contributed by atoms with E-state index in [-0.39, 0.29) is 30.3 Å². The van der Waals surface area contributed by atoms with Gasteiger partial charge in [0.05, 0.1) is 18.7 Å². The molecule has 5 rings (SSSR count). The van der Waals surface area contributed by atoms with E-state index in [1.54, 1.807) is 12.1 Å². The van der Waals surface area contributed by atoms with E-state index >= 15 is 0 Å². The Morgan fingerprint density at radius 2 is 2.09 bits per heavy atom. The van der Waals surface area contributed by atoms with Crippen LogP contribution >= 0.6 is 0 Å². The van der Waals surface area contributed by atoms with Crippen LogP contribution in [0.3, 0.4) is 0 Å². The van der Waals surface area contributed by atoms with Crippen molar-refractivity contribution in [2.45, 2.75) is 38.7 Å². The van der Waals surface area contributed by atoms with Crippen molar-refractivity contribution in [3.05, 3.63) is 41.9 Å². The van der Waals surface area contributed by atoms with Crippen LogP contribution in [0.1, 0.15) is 24.5 Å². The molecule has 0 radical (unpaired) electrons. The second kappa shape index (κ2) is 8.67. The lowest BCUT2D eigenvalue weighted by atomic mass is 10.0. The Hall–Kier alpha value is -3.96. The second-order valence-corrected chi connectivity index (χ2v) is 8.28. The van der Waals surface area contributed by atoms with Gasteiger partial charge in [-0.2, -0.15) is 0 Å². The molecule has 1 saturated heterocycles. The summed E-state index contributed by atoms with van der Waals surface area (Å²) in [5.74, 6) is -0.250. The molecule has 1 aliphatic heterocycles. The van der Waals surface area contributed by atoms with Crippen LogP contribution in [0, 0.1) is 0 Å². The first kappa shape index (κ1) is 22.8. The van der Waals surface area contributed by atoms with Gasteiger partial charge in [0.1, 0.15) is 24.3 Å². The summed E-state index contributed by atoms with van der Waals surface area (Å²) in [5, 5.41) is 6.67. The number of amides is 2. The minimum atomic E-state index is -4.87. The van der Waals surface area contributed by atoms with Crippen LogP contribution < -0.4 is 15.0 Å². The van der Waals surface area contributed by atoms with E-state index in [2.05, 4.69) is 15.2 Å². The highest BCUT2D eigenvalue weighted by molar-refractivity contribution is 5.91. The number of rotatable bonds is 5. The van der Waals surface area contributed by atoms with Gasteiger partial charge in [-0.25, -0.2) is 4.79 Å². The van der Waals surface area contributed by atoms with Crippen LogP contribution in [0.2, 0.25) is 0 Å². The molecule has 0 saturated carbocycles. The zero-order chi connectivity index (χ0) is 24.7. The third-order valence-corrected chi connectivity index (χ3v) is 5.87. The topological polar surface area (TPSA) is 107 Å². The second-order valence-electron chi connectivity index (χ2n) is 8.28. The molecule has 0 bridgehead atoms. The first-order chi connectivity index (χ1) is 16.7. The number of hydrogen-bond acceptors (Lipinski definition) is 7. The van der Waals surface area contributed by atoms with Gasteiger partial charge in [0.25, 0.3) is 0 Å². The first-order valence-corrected chi connectivity index (χ1v) is 10.9. The number of aryl methyl sites for hydroxylation is 1. The Kier molecular flexibility index (Phi) is 5.65. The fraction of sp³-hybridized carbons (Fsp3) is 0.348. The molecular formula is C23H20F3N3O6. The molecule has 2 amide bonds. The van der Waals surface area contributed by atoms with E-state index < -0.39 is 24.3 Å². The summed E-state index contributed by atoms with van der Waals surface area (Å²) in [6.45, 7) is 1.90. The number of ether oxygens (including phenoxy) is 2. The minimum absolute atomic E-state index is 0.0532. The van der Waals surface area contributed by atoms with E-state index in [0.29, 0.717) is 36.3 Å². The van der Waals surface area contributed by atoms with Crippen LogP contribution in [0.4, 0.5) is 23.7 Å². The van der Waals surface area contributed by atoms with E-state index in [0.717, 1.165) is 23.7 Å². The van der Waals surface area contributed by atoms with Crippen molar-refractivity contribution in [1.82, 2.24) is 10.5 Å². The molecule has 1 aliphatic carbocycles. The molecule has 1 atom stereocenters. The smallest absolute Gasteiger partial charge is 0.468 e. The number of alkyl halides is 3. The molecule has 12 heteroatoms. The number of anilines is 1. The quantitative estimate of drug-likeness (QED) is 0.562. The average Bonchev–Trinajstić information content (AvgIpc) is 3.47. The maximum Gasteiger partial charge on any atom is 0.573 e. The number of aromatic nitrogens is 1. The van der Waals surface area contributed by atoms with Crippen LogP contribution in [0.15, 0.2) is 39.7 Å². The van der Waals surface area contributed by atoms with Gasteiger partial charge in [0, 0.05) is 23.7 Å². The Morgan fingerprint density at radius 1 is 1.26 bits per heavy atom. The molecule has 35 heavy (non-hydrogen) atoms. The van der Waals surface area contributed by atoms with Crippen molar-refractivity contribution in [3.8, 4) is 28.3 Å². The van der Waals surface area contributed by atoms with Gasteiger partial charge >= 0.3 is 12.5 Å². The van der Waals surface area contributed by atoms with Gasteiger partial charge in [-0.3, -0.25) is 9.69 Å². The van der Waals surface area contributed by atoms with Gasteiger partial charge in [-0.1, -0.05) is 5.16 Å². The van der Waals surface area contributed by atoms with Crippen molar-refractivity contribution >= 4 is 17.7 Å². The number of carbonyl (C=O) groups is 2. The Labute approximate surface area is 196 Å². The largest absolute Gasteiger partial charge is 0.573 e. The number of hydrogen-bond donors (Lipinski definition) is 1. The summed E-state index contributed by atoms with van der Waals surface area (Å²) < 4.78 is 58.3. The standard InChI is InChI=1S/C23H20F3N3O6/c1-12(30)27-8-15-9-29(22(31)33-15)14-5-6-16-13(7-14)3-2-4-17-20(28-35-21(16)17)18-10-32-11-19(18)34-23(24,25)26/h5-7,10-11,15H,2-4,8-9H2,1H3,(H,27,30)/t15-/m0/s1. The normalized spacial score (nSPS) is 17.4. The number of cyclic esters (lactones) is 1. The number of halogens is 3. The third-order valence-electron chi connectivity index (χ3n) is 5.87. The molecule has 3 aromatic rings. The lowest BCUT2D eigenvalue weighted by Gasteiger charge is -2.15. The molecule has 0 unspecified atom stereocenters. The van der Waals surface area contributed by atoms with E-state index in [4.69, 9.17) is 13.7 Å². The van der Waals surface area contributed by atoms with Gasteiger partial charge in [0.15, 0.2) is 11.5 Å². The van der Waals surface area contributed by atoms with E-state index in [1.807, 2.05) is 6.07 Å². The molecule has 1 N–H and O–H groups in total. The maximum absolute atomic E-state index is 12.8. The number of nitrogens with zero attached hydrogens (tertiary/aromatic N) is 2. The summed E-state index contributed by atoms with van der Waals surface area (Å²) in [7, 11) is 0. The van der Waals surface area contributed by atoms with Crippen LogP contribution in [0.25, 0.3) is 22.6 Å². The average molecular weight is 491 g/mol. The van der Waals surface area contributed by atoms with Crippen LogP contribution in [0.5, 0.6) is 5.75 Å². The van der Waals surface area contributed by atoms with Crippen LogP contribution in [-0.2, 0) is 22.4 Å². The molecule has 184 valence electrons. The predicted molar refractivity (Wildman–Crippen MR) is 115 cm³/mol. The zero-order valence-electron chi connectivity index (χ0n) is 18.5. The third kappa shape index (κ3) is 4.55. The Balaban J connectivity index is 1.43. The molecule has 1 aromatic carbocycles. The minimum Gasteiger partial charge on any atom is -0.468 e. The predicted octanol–water partition coefficient (Wildman–Crippen LogP) is 4.45. The van der Waals surface area contributed by atoms with Gasteiger partial charge < -0.3 is 23.7 Å². The number of furan rings is 1. The van der Waals surface area contributed by atoms with Gasteiger partial charge in [0.2, 0.25) is 5.91 Å². The summed E-state index contributed by atoms with van der Waals surface area (Å²) in [6.07, 6.45) is -1.98. The van der Waals surface area contributed by atoms with E-state index in [1.165, 1.54) is 11.8 Å². The first-order valence-electron chi connectivity index (χ1n) is 10.9. The summed E-state index contributed by atoms with van der Waals surface area (Å²) in [5.41, 5.74) is 3.22. The van der Waals surface area contributed by atoms with Crippen molar-refractivity contribution in [2.75, 3.05) is 18.0 Å². The number of carbonyl (C=O) groups excluding carboxylic acids is 2. The highest BCUT2D eigenvalue weighted by Crippen LogP contribution is 2.43. The summed E-state index contributed by atoms with van der Waals surface area (Å²) in [6, 6.07) is 5.40. The Morgan fingerprint density at radius 3 is 2.86 bits per heavy atom. The van der Waals surface area contributed by atoms with Crippen molar-refractivity contribution < 1.29 is 41.2 Å². The highest BCUT2D eigenvalue weighted by atomic mass is 19.4. The zero-order valence-corrected chi connectivity index (χ0v) is 18.5. The van der Waals surface area contributed by atoms with Gasteiger partial charge in [-0.15, -0.1) is 13.2 Å². The van der Waals surface area contributed by atoms with Crippen molar-refractivity contribution in [2.24, 2.45) is 0 Å². The van der Waals surface area contributed by atoms with E-state index in [9.17, 15) is 22.8 Å². The monoisotopic (exact) mass is 491 g/mol. The molecule has 3 heterocycles.